The smallest absolute Gasteiger partial charge is 0.339 e. The molecule has 9 heteroatoms. The summed E-state index contributed by atoms with van der Waals surface area (Å²) >= 11 is 6.00. The SMILES string of the molecule is CC(C)C(OC(=O)c1cc(Cl)c2c(c1)OCO2)C(=O)NC(N)=O. The molecule has 0 spiro atoms. The Balaban J connectivity index is 2.18. The van der Waals surface area contributed by atoms with Crippen LogP contribution in [0.4, 0.5) is 4.79 Å². The number of esters is 1. The minimum Gasteiger partial charge on any atom is -0.454 e. The van der Waals surface area contributed by atoms with Crippen LogP contribution in [0.25, 0.3) is 0 Å². The Hall–Kier alpha value is -2.48. The highest BCUT2D eigenvalue weighted by molar-refractivity contribution is 6.32. The molecule has 0 radical (unpaired) electrons. The fourth-order valence-corrected chi connectivity index (χ4v) is 2.22. The number of primary amides is 1. The molecule has 1 heterocycles. The van der Waals surface area contributed by atoms with Gasteiger partial charge in [-0.05, 0) is 18.1 Å². The maximum Gasteiger partial charge on any atom is 0.339 e. The quantitative estimate of drug-likeness (QED) is 0.800. The van der Waals surface area contributed by atoms with Gasteiger partial charge >= 0.3 is 12.0 Å². The number of carbonyl (C=O) groups excluding carboxylic acids is 3. The number of hydrogen-bond donors (Lipinski definition) is 2. The summed E-state index contributed by atoms with van der Waals surface area (Å²) in [4.78, 5) is 34.9. The number of imide groups is 1. The lowest BCUT2D eigenvalue weighted by Crippen LogP contribution is -2.45. The summed E-state index contributed by atoms with van der Waals surface area (Å²) in [6.45, 7) is 3.32. The van der Waals surface area contributed by atoms with Crippen LogP contribution in [0.2, 0.25) is 5.02 Å². The lowest BCUT2D eigenvalue weighted by molar-refractivity contribution is -0.130. The summed E-state index contributed by atoms with van der Waals surface area (Å²) in [7, 11) is 0. The molecule has 0 bridgehead atoms. The fraction of sp³-hybridized carbons (Fsp3) is 0.357. The van der Waals surface area contributed by atoms with Crippen molar-refractivity contribution in [3.8, 4) is 11.5 Å². The number of carbonyl (C=O) groups is 3. The second kappa shape index (κ2) is 6.74. The molecule has 1 aliphatic heterocycles. The molecule has 3 N–H and O–H groups in total. The summed E-state index contributed by atoms with van der Waals surface area (Å²) in [6.07, 6.45) is -1.18. The summed E-state index contributed by atoms with van der Waals surface area (Å²) in [5.41, 5.74) is 4.99. The van der Waals surface area contributed by atoms with Crippen molar-refractivity contribution in [3.63, 3.8) is 0 Å². The number of nitrogens with one attached hydrogen (secondary N) is 1. The highest BCUT2D eigenvalue weighted by Gasteiger charge is 2.29. The van der Waals surface area contributed by atoms with E-state index < -0.39 is 24.0 Å². The normalized spacial score (nSPS) is 13.6. The molecule has 0 saturated carbocycles. The van der Waals surface area contributed by atoms with Crippen LogP contribution in [0, 0.1) is 5.92 Å². The van der Waals surface area contributed by atoms with Crippen LogP contribution in [0.1, 0.15) is 24.2 Å². The van der Waals surface area contributed by atoms with E-state index in [1.54, 1.807) is 13.8 Å². The molecular formula is C14H15ClN2O6. The average Bonchev–Trinajstić information content (AvgIpc) is 2.92. The molecule has 3 amide bonds. The molecule has 2 rings (SSSR count). The van der Waals surface area contributed by atoms with E-state index in [4.69, 9.17) is 31.5 Å². The van der Waals surface area contributed by atoms with Gasteiger partial charge in [-0.25, -0.2) is 9.59 Å². The van der Waals surface area contributed by atoms with Gasteiger partial charge in [0.1, 0.15) is 0 Å². The van der Waals surface area contributed by atoms with Crippen LogP contribution < -0.4 is 20.5 Å². The van der Waals surface area contributed by atoms with Crippen molar-refractivity contribution in [2.75, 3.05) is 6.79 Å². The summed E-state index contributed by atoms with van der Waals surface area (Å²) in [5, 5.41) is 2.08. The molecule has 1 aliphatic rings. The van der Waals surface area contributed by atoms with Gasteiger partial charge in [0.2, 0.25) is 6.79 Å². The van der Waals surface area contributed by atoms with Gasteiger partial charge in [-0.1, -0.05) is 25.4 Å². The molecule has 1 atom stereocenters. The van der Waals surface area contributed by atoms with Crippen LogP contribution in [0.3, 0.4) is 0 Å². The van der Waals surface area contributed by atoms with Crippen molar-refractivity contribution >= 4 is 29.5 Å². The predicted molar refractivity (Wildman–Crippen MR) is 79.3 cm³/mol. The summed E-state index contributed by atoms with van der Waals surface area (Å²) in [5.74, 6) is -1.30. The van der Waals surface area contributed by atoms with Crippen molar-refractivity contribution in [2.24, 2.45) is 11.7 Å². The lowest BCUT2D eigenvalue weighted by Gasteiger charge is -2.20. The first-order valence-corrected chi connectivity index (χ1v) is 7.07. The molecule has 1 unspecified atom stereocenters. The molecule has 0 aliphatic carbocycles. The zero-order valence-electron chi connectivity index (χ0n) is 12.4. The molecule has 0 saturated heterocycles. The second-order valence-electron chi connectivity index (χ2n) is 5.12. The van der Waals surface area contributed by atoms with Crippen molar-refractivity contribution in [3.05, 3.63) is 22.7 Å². The molecule has 0 aromatic heterocycles. The molecule has 8 nitrogen and oxygen atoms in total. The molecule has 0 fully saturated rings. The second-order valence-corrected chi connectivity index (χ2v) is 5.52. The van der Waals surface area contributed by atoms with Gasteiger partial charge in [-0.2, -0.15) is 0 Å². The Kier molecular flexibility index (Phi) is 4.95. The zero-order valence-corrected chi connectivity index (χ0v) is 13.2. The number of benzene rings is 1. The maximum absolute atomic E-state index is 12.2. The van der Waals surface area contributed by atoms with Crippen LogP contribution in [-0.2, 0) is 9.53 Å². The first-order chi connectivity index (χ1) is 10.8. The van der Waals surface area contributed by atoms with Crippen LogP contribution in [-0.4, -0.2) is 30.8 Å². The Bertz CT molecular complexity index is 661. The van der Waals surface area contributed by atoms with Gasteiger partial charge < -0.3 is 19.9 Å². The number of fused-ring (bicyclic) bond motifs is 1. The third kappa shape index (κ3) is 3.84. The van der Waals surface area contributed by atoms with E-state index >= 15 is 0 Å². The van der Waals surface area contributed by atoms with Crippen LogP contribution in [0.5, 0.6) is 11.5 Å². The van der Waals surface area contributed by atoms with E-state index in [0.29, 0.717) is 11.5 Å². The predicted octanol–water partition coefficient (Wildman–Crippen LogP) is 1.44. The first-order valence-electron chi connectivity index (χ1n) is 6.70. The minimum absolute atomic E-state index is 0.00317. The van der Waals surface area contributed by atoms with Crippen molar-refractivity contribution < 1.29 is 28.6 Å². The van der Waals surface area contributed by atoms with Gasteiger partial charge in [0.25, 0.3) is 5.91 Å². The highest BCUT2D eigenvalue weighted by Crippen LogP contribution is 2.40. The highest BCUT2D eigenvalue weighted by atomic mass is 35.5. The molecule has 124 valence electrons. The Labute approximate surface area is 136 Å². The molecule has 23 heavy (non-hydrogen) atoms. The number of rotatable bonds is 4. The van der Waals surface area contributed by atoms with Gasteiger partial charge in [0, 0.05) is 0 Å². The van der Waals surface area contributed by atoms with Crippen LogP contribution >= 0.6 is 11.6 Å². The Morgan fingerprint density at radius 3 is 2.61 bits per heavy atom. The van der Waals surface area contributed by atoms with Gasteiger partial charge in [0.15, 0.2) is 17.6 Å². The summed E-state index contributed by atoms with van der Waals surface area (Å²) in [6, 6.07) is 1.73. The third-order valence-corrected chi connectivity index (χ3v) is 3.29. The van der Waals surface area contributed by atoms with Crippen molar-refractivity contribution in [2.45, 2.75) is 20.0 Å². The number of urea groups is 1. The summed E-state index contributed by atoms with van der Waals surface area (Å²) < 4.78 is 15.5. The zero-order chi connectivity index (χ0) is 17.1. The molecular weight excluding hydrogens is 328 g/mol. The van der Waals surface area contributed by atoms with Gasteiger partial charge in [0.05, 0.1) is 10.6 Å². The van der Waals surface area contributed by atoms with Gasteiger partial charge in [-0.3, -0.25) is 10.1 Å². The van der Waals surface area contributed by atoms with E-state index in [1.807, 2.05) is 5.32 Å². The largest absolute Gasteiger partial charge is 0.454 e. The number of hydrogen-bond acceptors (Lipinski definition) is 6. The standard InChI is InChI=1S/C14H15ClN2O6/c1-6(2)10(12(18)17-14(16)20)23-13(19)7-3-8(15)11-9(4-7)21-5-22-11/h3-4,6,10H,5H2,1-2H3,(H3,16,17,18,20). The van der Waals surface area contributed by atoms with E-state index in [9.17, 15) is 14.4 Å². The molecule has 1 aromatic carbocycles. The van der Waals surface area contributed by atoms with Crippen molar-refractivity contribution in [1.82, 2.24) is 5.32 Å². The van der Waals surface area contributed by atoms with E-state index in [0.717, 1.165) is 0 Å². The topological polar surface area (TPSA) is 117 Å². The monoisotopic (exact) mass is 342 g/mol. The Morgan fingerprint density at radius 2 is 2.00 bits per heavy atom. The minimum atomic E-state index is -1.18. The van der Waals surface area contributed by atoms with Gasteiger partial charge in [-0.15, -0.1) is 0 Å². The van der Waals surface area contributed by atoms with E-state index in [1.165, 1.54) is 12.1 Å². The Morgan fingerprint density at radius 1 is 1.30 bits per heavy atom. The average molecular weight is 343 g/mol. The number of amides is 3. The maximum atomic E-state index is 12.2. The number of halogens is 1. The number of ether oxygens (including phenoxy) is 3. The molecule has 1 aromatic rings. The van der Waals surface area contributed by atoms with Crippen LogP contribution in [0.15, 0.2) is 12.1 Å². The first kappa shape index (κ1) is 16.9. The third-order valence-electron chi connectivity index (χ3n) is 3.01. The van der Waals surface area contributed by atoms with E-state index in [-0.39, 0.29) is 23.3 Å². The number of nitrogens with two attached hydrogens (primary N) is 1. The lowest BCUT2D eigenvalue weighted by atomic mass is 10.1. The van der Waals surface area contributed by atoms with E-state index in [2.05, 4.69) is 0 Å². The van der Waals surface area contributed by atoms with Crippen molar-refractivity contribution in [1.29, 1.82) is 0 Å². The fourth-order valence-electron chi connectivity index (χ4n) is 1.95.